The quantitative estimate of drug-likeness (QED) is 0.867. The van der Waals surface area contributed by atoms with Gasteiger partial charge in [0.25, 0.3) is 0 Å². The van der Waals surface area contributed by atoms with Gasteiger partial charge in [-0.25, -0.2) is 26.3 Å². The normalized spacial score (nSPS) is 12.7. The molecule has 0 aliphatic rings. The van der Waals surface area contributed by atoms with E-state index in [0.717, 1.165) is 0 Å². The Balaban J connectivity index is 2.91. The number of hydrogen-bond donors (Lipinski definition) is 2. The molecule has 0 aliphatic heterocycles. The fourth-order valence-corrected chi connectivity index (χ4v) is 3.83. The average Bonchev–Trinajstić information content (AvgIpc) is 2.45. The van der Waals surface area contributed by atoms with Gasteiger partial charge >= 0.3 is 0 Å². The maximum Gasteiger partial charge on any atom is 0.240 e. The van der Waals surface area contributed by atoms with Gasteiger partial charge in [0.05, 0.1) is 9.79 Å². The van der Waals surface area contributed by atoms with Crippen molar-refractivity contribution >= 4 is 30.8 Å². The first kappa shape index (κ1) is 14.9. The molecule has 0 radical (unpaired) electrons. The van der Waals surface area contributed by atoms with E-state index in [0.29, 0.717) is 10.8 Å². The summed E-state index contributed by atoms with van der Waals surface area (Å²) in [7, 11) is -4.70. The molecule has 108 valence electrons. The number of benzene rings is 2. The number of rotatable bonds is 4. The molecule has 0 bridgehead atoms. The third kappa shape index (κ3) is 2.42. The number of sulfonamides is 2. The van der Waals surface area contributed by atoms with Crippen molar-refractivity contribution < 1.29 is 16.8 Å². The molecule has 2 aromatic rings. The van der Waals surface area contributed by atoms with Crippen molar-refractivity contribution in [3.63, 3.8) is 0 Å². The summed E-state index contributed by atoms with van der Waals surface area (Å²) in [6.45, 7) is 0. The van der Waals surface area contributed by atoms with E-state index < -0.39 is 20.0 Å². The summed E-state index contributed by atoms with van der Waals surface area (Å²) >= 11 is 0. The molecule has 0 heterocycles. The van der Waals surface area contributed by atoms with E-state index in [9.17, 15) is 16.8 Å². The second kappa shape index (κ2) is 5.13. The fourth-order valence-electron chi connectivity index (χ4n) is 1.94. The van der Waals surface area contributed by atoms with Crippen LogP contribution in [0.3, 0.4) is 0 Å². The van der Waals surface area contributed by atoms with Gasteiger partial charge in [0, 0.05) is 10.8 Å². The van der Waals surface area contributed by atoms with Crippen molar-refractivity contribution in [1.29, 1.82) is 0 Å². The van der Waals surface area contributed by atoms with Crippen molar-refractivity contribution in [2.75, 3.05) is 14.1 Å². The van der Waals surface area contributed by atoms with Crippen LogP contribution in [0.5, 0.6) is 0 Å². The van der Waals surface area contributed by atoms with Gasteiger partial charge < -0.3 is 0 Å². The van der Waals surface area contributed by atoms with Crippen molar-refractivity contribution in [3.8, 4) is 0 Å². The van der Waals surface area contributed by atoms with Crippen LogP contribution in [0.15, 0.2) is 46.2 Å². The summed E-state index contributed by atoms with van der Waals surface area (Å²) in [5.74, 6) is 0. The topological polar surface area (TPSA) is 92.3 Å². The van der Waals surface area contributed by atoms with Gasteiger partial charge in [0.15, 0.2) is 0 Å². The number of hydrogen-bond acceptors (Lipinski definition) is 4. The summed E-state index contributed by atoms with van der Waals surface area (Å²) in [6, 6.07) is 9.05. The molecule has 8 heteroatoms. The van der Waals surface area contributed by atoms with Crippen molar-refractivity contribution in [3.05, 3.63) is 36.4 Å². The predicted octanol–water partition coefficient (Wildman–Crippen LogP) is 0.656. The number of fused-ring (bicyclic) bond motifs is 1. The molecule has 0 fully saturated rings. The van der Waals surface area contributed by atoms with Gasteiger partial charge in [-0.1, -0.05) is 24.3 Å². The minimum atomic E-state index is -3.66. The van der Waals surface area contributed by atoms with Crippen LogP contribution in [0.2, 0.25) is 0 Å². The van der Waals surface area contributed by atoms with Gasteiger partial charge in [0.1, 0.15) is 0 Å². The Morgan fingerprint density at radius 3 is 1.35 bits per heavy atom. The molecule has 20 heavy (non-hydrogen) atoms. The summed E-state index contributed by atoms with van der Waals surface area (Å²) in [4.78, 5) is 0.0938. The smallest absolute Gasteiger partial charge is 0.214 e. The maximum atomic E-state index is 12.0. The van der Waals surface area contributed by atoms with Crippen molar-refractivity contribution in [2.24, 2.45) is 0 Å². The lowest BCUT2D eigenvalue weighted by molar-refractivity contribution is 0.586. The lowest BCUT2D eigenvalue weighted by atomic mass is 10.1. The molecule has 2 N–H and O–H groups in total. The van der Waals surface area contributed by atoms with Crippen LogP contribution < -0.4 is 9.44 Å². The second-order valence-corrected chi connectivity index (χ2v) is 7.73. The number of nitrogens with one attached hydrogen (secondary N) is 2. The molecular formula is C12H14N2O4S2. The van der Waals surface area contributed by atoms with Gasteiger partial charge in [-0.3, -0.25) is 0 Å². The first-order valence-corrected chi connectivity index (χ1v) is 8.69. The highest BCUT2D eigenvalue weighted by Crippen LogP contribution is 2.27. The maximum absolute atomic E-state index is 12.0. The molecule has 2 aromatic carbocycles. The summed E-state index contributed by atoms with van der Waals surface area (Å²) in [5.41, 5.74) is 0. The van der Waals surface area contributed by atoms with Crippen molar-refractivity contribution in [2.45, 2.75) is 9.79 Å². The molecule has 0 saturated heterocycles. The van der Waals surface area contributed by atoms with Crippen LogP contribution in [0.25, 0.3) is 10.8 Å². The highest BCUT2D eigenvalue weighted by atomic mass is 32.2. The Bertz CT molecular complexity index is 785. The first-order chi connectivity index (χ1) is 9.33. The zero-order valence-corrected chi connectivity index (χ0v) is 12.5. The monoisotopic (exact) mass is 314 g/mol. The summed E-state index contributed by atoms with van der Waals surface area (Å²) in [6.07, 6.45) is 0. The highest BCUT2D eigenvalue weighted by Gasteiger charge is 2.20. The Kier molecular flexibility index (Phi) is 3.83. The molecule has 0 atom stereocenters. The van der Waals surface area contributed by atoms with E-state index in [-0.39, 0.29) is 9.79 Å². The highest BCUT2D eigenvalue weighted by molar-refractivity contribution is 7.90. The van der Waals surface area contributed by atoms with Crippen LogP contribution >= 0.6 is 0 Å². The molecule has 2 rings (SSSR count). The van der Waals surface area contributed by atoms with E-state index in [1.54, 1.807) is 12.1 Å². The van der Waals surface area contributed by atoms with Crippen LogP contribution in [-0.4, -0.2) is 30.9 Å². The zero-order chi connectivity index (χ0) is 15.0. The Morgan fingerprint density at radius 1 is 0.700 bits per heavy atom. The van der Waals surface area contributed by atoms with Crippen LogP contribution in [0, 0.1) is 0 Å². The molecular weight excluding hydrogens is 300 g/mol. The van der Waals surface area contributed by atoms with Crippen LogP contribution in [0.4, 0.5) is 0 Å². The SMILES string of the molecule is CNS(=O)(=O)c1cccc2c(S(=O)(=O)NC)cccc12. The Labute approximate surface area is 117 Å². The molecule has 0 spiro atoms. The predicted molar refractivity (Wildman–Crippen MR) is 76.4 cm³/mol. The Morgan fingerprint density at radius 2 is 1.05 bits per heavy atom. The lowest BCUT2D eigenvalue weighted by Gasteiger charge is -2.10. The molecule has 0 saturated carbocycles. The average molecular weight is 314 g/mol. The molecule has 0 unspecified atom stereocenters. The van der Waals surface area contributed by atoms with E-state index in [2.05, 4.69) is 9.44 Å². The Hall–Kier alpha value is -1.48. The van der Waals surface area contributed by atoms with E-state index in [1.807, 2.05) is 0 Å². The molecule has 0 aromatic heterocycles. The minimum absolute atomic E-state index is 0.0469. The van der Waals surface area contributed by atoms with Gasteiger partial charge in [-0.05, 0) is 26.2 Å². The second-order valence-electron chi connectivity index (χ2n) is 4.02. The third-order valence-electron chi connectivity index (χ3n) is 2.96. The standard InChI is InChI=1S/C12H14N2O4S2/c1-13-19(15,16)11-7-3-6-10-9(11)5-4-8-12(10)20(17,18)14-2/h3-8,13-14H,1-2H3. The van der Waals surface area contributed by atoms with E-state index >= 15 is 0 Å². The third-order valence-corrected chi connectivity index (χ3v) is 5.90. The van der Waals surface area contributed by atoms with Gasteiger partial charge in [-0.2, -0.15) is 0 Å². The molecule has 6 nitrogen and oxygen atoms in total. The van der Waals surface area contributed by atoms with E-state index in [1.165, 1.54) is 38.4 Å². The largest absolute Gasteiger partial charge is 0.240 e. The fraction of sp³-hybridized carbons (Fsp3) is 0.167. The molecule has 0 aliphatic carbocycles. The zero-order valence-electron chi connectivity index (χ0n) is 10.9. The molecule has 0 amide bonds. The van der Waals surface area contributed by atoms with Crippen LogP contribution in [-0.2, 0) is 20.0 Å². The van der Waals surface area contributed by atoms with E-state index in [4.69, 9.17) is 0 Å². The van der Waals surface area contributed by atoms with Gasteiger partial charge in [0.2, 0.25) is 20.0 Å². The summed E-state index contributed by atoms with van der Waals surface area (Å²) in [5, 5.41) is 0.719. The minimum Gasteiger partial charge on any atom is -0.214 e. The van der Waals surface area contributed by atoms with Crippen molar-refractivity contribution in [1.82, 2.24) is 9.44 Å². The van der Waals surface area contributed by atoms with Gasteiger partial charge in [-0.15, -0.1) is 0 Å². The first-order valence-electron chi connectivity index (χ1n) is 5.72. The summed E-state index contributed by atoms with van der Waals surface area (Å²) < 4.78 is 52.3. The van der Waals surface area contributed by atoms with Crippen LogP contribution in [0.1, 0.15) is 0 Å². The lowest BCUT2D eigenvalue weighted by Crippen LogP contribution is -2.20.